The smallest absolute Gasteiger partial charge is 0.313 e. The van der Waals surface area contributed by atoms with E-state index in [2.05, 4.69) is 46.0 Å². The molecule has 0 bridgehead atoms. The molecule has 0 aliphatic carbocycles. The third-order valence-electron chi connectivity index (χ3n) is 6.36. The molecule has 2 aromatic carbocycles. The standard InChI is InChI=1S/C28H40O5Si/c1-7-31-26(30)20-24(29)27(32-21-23-16-12-9-13-17-23)25(33-34(5,6)28(2,3)4)19-18-22-14-10-8-11-15-22/h8-17,25,27H,7,18-21H2,1-6H3/t25-,27-/m1/s1. The van der Waals surface area contributed by atoms with Crippen molar-refractivity contribution in [2.75, 3.05) is 6.61 Å². The molecule has 0 unspecified atom stereocenters. The molecule has 5 nitrogen and oxygen atoms in total. The maximum atomic E-state index is 13.3. The van der Waals surface area contributed by atoms with Crippen LogP contribution in [-0.4, -0.2) is 38.9 Å². The van der Waals surface area contributed by atoms with Crippen LogP contribution in [0.3, 0.4) is 0 Å². The Morgan fingerprint density at radius 2 is 1.47 bits per heavy atom. The monoisotopic (exact) mass is 484 g/mol. The molecular weight excluding hydrogens is 444 g/mol. The maximum Gasteiger partial charge on any atom is 0.313 e. The van der Waals surface area contributed by atoms with E-state index in [0.717, 1.165) is 12.0 Å². The Morgan fingerprint density at radius 1 is 0.912 bits per heavy atom. The largest absolute Gasteiger partial charge is 0.466 e. The summed E-state index contributed by atoms with van der Waals surface area (Å²) in [5.41, 5.74) is 2.14. The number of hydrogen-bond acceptors (Lipinski definition) is 5. The lowest BCUT2D eigenvalue weighted by Crippen LogP contribution is -2.50. The number of aryl methyl sites for hydroxylation is 1. The fraction of sp³-hybridized carbons (Fsp3) is 0.500. The minimum Gasteiger partial charge on any atom is -0.466 e. The van der Waals surface area contributed by atoms with Crippen LogP contribution in [0.2, 0.25) is 18.1 Å². The number of esters is 1. The van der Waals surface area contributed by atoms with Gasteiger partial charge in [0.15, 0.2) is 14.1 Å². The minimum absolute atomic E-state index is 0.0355. The zero-order valence-corrected chi connectivity index (χ0v) is 22.5. The van der Waals surface area contributed by atoms with Gasteiger partial charge in [0.2, 0.25) is 0 Å². The van der Waals surface area contributed by atoms with Gasteiger partial charge >= 0.3 is 5.97 Å². The zero-order chi connectivity index (χ0) is 25.2. The summed E-state index contributed by atoms with van der Waals surface area (Å²) in [5, 5.41) is -0.0355. The van der Waals surface area contributed by atoms with Crippen molar-refractivity contribution in [3.63, 3.8) is 0 Å². The van der Waals surface area contributed by atoms with Gasteiger partial charge in [0.25, 0.3) is 0 Å². The average Bonchev–Trinajstić information content (AvgIpc) is 2.78. The molecule has 6 heteroatoms. The van der Waals surface area contributed by atoms with Crippen molar-refractivity contribution in [1.29, 1.82) is 0 Å². The lowest BCUT2D eigenvalue weighted by molar-refractivity contribution is -0.151. The number of carbonyl (C=O) groups excluding carboxylic acids is 2. The van der Waals surface area contributed by atoms with E-state index >= 15 is 0 Å². The van der Waals surface area contributed by atoms with E-state index in [1.54, 1.807) is 6.92 Å². The van der Waals surface area contributed by atoms with Crippen LogP contribution >= 0.6 is 0 Å². The van der Waals surface area contributed by atoms with E-state index in [4.69, 9.17) is 13.9 Å². The van der Waals surface area contributed by atoms with Gasteiger partial charge in [-0.1, -0.05) is 81.4 Å². The molecule has 0 aromatic heterocycles. The van der Waals surface area contributed by atoms with Crippen LogP contribution in [0.1, 0.15) is 51.7 Å². The van der Waals surface area contributed by atoms with E-state index in [1.165, 1.54) is 5.56 Å². The number of ketones is 1. The van der Waals surface area contributed by atoms with Crippen LogP contribution < -0.4 is 0 Å². The molecular formula is C28H40O5Si. The Balaban J connectivity index is 2.32. The highest BCUT2D eigenvalue weighted by Crippen LogP contribution is 2.38. The first-order valence-corrected chi connectivity index (χ1v) is 15.0. The fourth-order valence-electron chi connectivity index (χ4n) is 3.40. The van der Waals surface area contributed by atoms with Gasteiger partial charge in [0.05, 0.1) is 19.3 Å². The predicted octanol–water partition coefficient (Wildman–Crippen LogP) is 6.12. The third kappa shape index (κ3) is 8.82. The Kier molecular flexibility index (Phi) is 10.7. The number of ether oxygens (including phenoxy) is 2. The highest BCUT2D eigenvalue weighted by atomic mass is 28.4. The van der Waals surface area contributed by atoms with E-state index in [9.17, 15) is 9.59 Å². The van der Waals surface area contributed by atoms with Gasteiger partial charge in [-0.25, -0.2) is 0 Å². The number of rotatable bonds is 13. The number of hydrogen-bond donors (Lipinski definition) is 0. The van der Waals surface area contributed by atoms with Crippen molar-refractivity contribution in [3.05, 3.63) is 71.8 Å². The van der Waals surface area contributed by atoms with E-state index in [0.29, 0.717) is 6.42 Å². The number of benzene rings is 2. The molecule has 2 aromatic rings. The van der Waals surface area contributed by atoms with Crippen molar-refractivity contribution < 1.29 is 23.5 Å². The van der Waals surface area contributed by atoms with Gasteiger partial charge in [-0.2, -0.15) is 0 Å². The Bertz CT molecular complexity index is 890. The van der Waals surface area contributed by atoms with Crippen molar-refractivity contribution in [3.8, 4) is 0 Å². The van der Waals surface area contributed by atoms with Crippen LogP contribution in [0.25, 0.3) is 0 Å². The molecule has 186 valence electrons. The summed E-state index contributed by atoms with van der Waals surface area (Å²) in [5.74, 6) is -0.832. The summed E-state index contributed by atoms with van der Waals surface area (Å²) < 4.78 is 18.0. The topological polar surface area (TPSA) is 61.8 Å². The molecule has 0 saturated carbocycles. The molecule has 2 atom stereocenters. The molecule has 0 aliphatic rings. The lowest BCUT2D eigenvalue weighted by Gasteiger charge is -2.41. The molecule has 34 heavy (non-hydrogen) atoms. The van der Waals surface area contributed by atoms with Gasteiger partial charge in [0.1, 0.15) is 12.5 Å². The van der Waals surface area contributed by atoms with E-state index < -0.39 is 26.5 Å². The predicted molar refractivity (Wildman–Crippen MR) is 138 cm³/mol. The quantitative estimate of drug-likeness (QED) is 0.195. The van der Waals surface area contributed by atoms with Crippen molar-refractivity contribution in [2.24, 2.45) is 0 Å². The van der Waals surface area contributed by atoms with Crippen LogP contribution in [0.15, 0.2) is 60.7 Å². The number of carbonyl (C=O) groups is 2. The molecule has 0 radical (unpaired) electrons. The first-order chi connectivity index (χ1) is 16.0. The summed E-state index contributed by atoms with van der Waals surface area (Å²) in [6.07, 6.45) is -0.285. The molecule has 0 saturated heterocycles. The summed E-state index contributed by atoms with van der Waals surface area (Å²) in [7, 11) is -2.23. The van der Waals surface area contributed by atoms with Crippen LogP contribution in [0, 0.1) is 0 Å². The Labute approximate surface area is 205 Å². The highest BCUT2D eigenvalue weighted by Gasteiger charge is 2.42. The Morgan fingerprint density at radius 3 is 2.00 bits per heavy atom. The van der Waals surface area contributed by atoms with Crippen LogP contribution in [0.4, 0.5) is 0 Å². The second kappa shape index (κ2) is 13.0. The van der Waals surface area contributed by atoms with Crippen LogP contribution in [-0.2, 0) is 36.5 Å². The van der Waals surface area contributed by atoms with Crippen molar-refractivity contribution >= 4 is 20.1 Å². The molecule has 0 spiro atoms. The SMILES string of the molecule is CCOC(=O)CC(=O)[C@@H](OCc1ccccc1)[C@@H](CCc1ccccc1)O[Si](C)(C)C(C)(C)C. The van der Waals surface area contributed by atoms with Gasteiger partial charge in [-0.15, -0.1) is 0 Å². The molecule has 2 rings (SSSR count). The number of Topliss-reactive ketones (excluding diaryl/α,β-unsaturated/α-hetero) is 1. The van der Waals surface area contributed by atoms with Gasteiger partial charge in [-0.3, -0.25) is 9.59 Å². The van der Waals surface area contributed by atoms with Crippen molar-refractivity contribution in [2.45, 2.75) is 83.9 Å². The first-order valence-electron chi connectivity index (χ1n) is 12.1. The maximum absolute atomic E-state index is 13.3. The lowest BCUT2D eigenvalue weighted by atomic mass is 9.99. The van der Waals surface area contributed by atoms with Gasteiger partial charge < -0.3 is 13.9 Å². The molecule has 0 heterocycles. The summed E-state index contributed by atoms with van der Waals surface area (Å²) >= 11 is 0. The molecule has 0 N–H and O–H groups in total. The minimum atomic E-state index is -2.23. The summed E-state index contributed by atoms with van der Waals surface area (Å²) in [6.45, 7) is 13.1. The normalized spacial score (nSPS) is 13.8. The van der Waals surface area contributed by atoms with Crippen LogP contribution in [0.5, 0.6) is 0 Å². The summed E-state index contributed by atoms with van der Waals surface area (Å²) in [6, 6.07) is 19.9. The van der Waals surface area contributed by atoms with Gasteiger partial charge in [-0.05, 0) is 49.0 Å². The average molecular weight is 485 g/mol. The van der Waals surface area contributed by atoms with Gasteiger partial charge in [0, 0.05) is 0 Å². The molecule has 0 aliphatic heterocycles. The van der Waals surface area contributed by atoms with E-state index in [-0.39, 0.29) is 30.5 Å². The second-order valence-corrected chi connectivity index (χ2v) is 14.9. The summed E-state index contributed by atoms with van der Waals surface area (Å²) in [4.78, 5) is 25.5. The zero-order valence-electron chi connectivity index (χ0n) is 21.5. The van der Waals surface area contributed by atoms with Crippen molar-refractivity contribution in [1.82, 2.24) is 0 Å². The second-order valence-electron chi connectivity index (χ2n) is 10.1. The Hall–Kier alpha value is -2.28. The third-order valence-corrected chi connectivity index (χ3v) is 10.9. The fourth-order valence-corrected chi connectivity index (χ4v) is 4.76. The van der Waals surface area contributed by atoms with E-state index in [1.807, 2.05) is 48.5 Å². The molecule has 0 amide bonds. The first kappa shape index (κ1) is 28.0. The highest BCUT2D eigenvalue weighted by molar-refractivity contribution is 6.74. The molecule has 0 fully saturated rings.